The van der Waals surface area contributed by atoms with Crippen molar-refractivity contribution in [3.8, 4) is 5.75 Å². The molecule has 2 saturated heterocycles. The zero-order valence-electron chi connectivity index (χ0n) is 14.1. The van der Waals surface area contributed by atoms with Gasteiger partial charge in [0.25, 0.3) is 0 Å². The Morgan fingerprint density at radius 1 is 1.26 bits per heavy atom. The summed E-state index contributed by atoms with van der Waals surface area (Å²) in [6.07, 6.45) is 5.62. The molecular formula is C19H29NO3. The highest BCUT2D eigenvalue weighted by Crippen LogP contribution is 2.24. The van der Waals surface area contributed by atoms with Crippen molar-refractivity contribution < 1.29 is 14.6 Å². The molecule has 23 heavy (non-hydrogen) atoms. The van der Waals surface area contributed by atoms with Crippen LogP contribution in [0.1, 0.15) is 44.6 Å². The molecule has 2 aliphatic rings. The summed E-state index contributed by atoms with van der Waals surface area (Å²) in [5.41, 5.74) is 1.31. The first-order chi connectivity index (χ1) is 11.2. The van der Waals surface area contributed by atoms with Crippen LogP contribution in [-0.2, 0) is 11.3 Å². The van der Waals surface area contributed by atoms with Crippen LogP contribution in [0.3, 0.4) is 0 Å². The second-order valence-electron chi connectivity index (χ2n) is 6.94. The lowest BCUT2D eigenvalue weighted by Gasteiger charge is -2.25. The van der Waals surface area contributed by atoms with Crippen molar-refractivity contribution in [3.63, 3.8) is 0 Å². The van der Waals surface area contributed by atoms with Gasteiger partial charge in [0.05, 0.1) is 12.2 Å². The summed E-state index contributed by atoms with van der Waals surface area (Å²) in [4.78, 5) is 2.49. The molecule has 3 unspecified atom stereocenters. The number of hydrogen-bond donors (Lipinski definition) is 1. The highest BCUT2D eigenvalue weighted by molar-refractivity contribution is 5.27. The number of aliphatic hydroxyl groups is 1. The maximum Gasteiger partial charge on any atom is 0.119 e. The smallest absolute Gasteiger partial charge is 0.119 e. The van der Waals surface area contributed by atoms with E-state index < -0.39 is 0 Å². The molecule has 1 aromatic rings. The Morgan fingerprint density at radius 2 is 2.09 bits per heavy atom. The largest absolute Gasteiger partial charge is 0.491 e. The van der Waals surface area contributed by atoms with Crippen molar-refractivity contribution >= 4 is 0 Å². The predicted octanol–water partition coefficient (Wildman–Crippen LogP) is 2.98. The van der Waals surface area contributed by atoms with Crippen LogP contribution < -0.4 is 4.74 Å². The Hall–Kier alpha value is -1.10. The number of likely N-dealkylation sites (tertiary alicyclic amines) is 1. The molecule has 0 saturated carbocycles. The monoisotopic (exact) mass is 319 g/mol. The van der Waals surface area contributed by atoms with Gasteiger partial charge in [0, 0.05) is 19.2 Å². The molecule has 0 amide bonds. The van der Waals surface area contributed by atoms with Crippen LogP contribution in [0.25, 0.3) is 0 Å². The van der Waals surface area contributed by atoms with E-state index in [0.29, 0.717) is 12.6 Å². The number of benzene rings is 1. The average molecular weight is 319 g/mol. The Balaban J connectivity index is 1.48. The van der Waals surface area contributed by atoms with Gasteiger partial charge in [-0.25, -0.2) is 0 Å². The lowest BCUT2D eigenvalue weighted by molar-refractivity contribution is 0.0679. The van der Waals surface area contributed by atoms with Gasteiger partial charge in [-0.1, -0.05) is 12.1 Å². The van der Waals surface area contributed by atoms with E-state index in [1.54, 1.807) is 0 Å². The minimum absolute atomic E-state index is 0.214. The minimum Gasteiger partial charge on any atom is -0.491 e. The zero-order chi connectivity index (χ0) is 16.1. The summed E-state index contributed by atoms with van der Waals surface area (Å²) in [6, 6.07) is 8.95. The van der Waals surface area contributed by atoms with Crippen LogP contribution in [0.4, 0.5) is 0 Å². The van der Waals surface area contributed by atoms with Crippen molar-refractivity contribution in [3.05, 3.63) is 29.8 Å². The molecule has 4 heteroatoms. The summed E-state index contributed by atoms with van der Waals surface area (Å²) in [5, 5.41) is 9.63. The Morgan fingerprint density at radius 3 is 2.78 bits per heavy atom. The third-order valence-corrected chi connectivity index (χ3v) is 4.88. The lowest BCUT2D eigenvalue weighted by atomic mass is 10.1. The molecule has 128 valence electrons. The maximum absolute atomic E-state index is 9.63. The van der Waals surface area contributed by atoms with Gasteiger partial charge in [0.1, 0.15) is 12.4 Å². The van der Waals surface area contributed by atoms with Gasteiger partial charge >= 0.3 is 0 Å². The fraction of sp³-hybridized carbons (Fsp3) is 0.684. The maximum atomic E-state index is 9.63. The van der Waals surface area contributed by atoms with E-state index in [1.165, 1.54) is 18.4 Å². The van der Waals surface area contributed by atoms with E-state index in [1.807, 2.05) is 6.92 Å². The van der Waals surface area contributed by atoms with Crippen LogP contribution in [-0.4, -0.2) is 48.0 Å². The Bertz CT molecular complexity index is 468. The van der Waals surface area contributed by atoms with Crippen LogP contribution in [0.2, 0.25) is 0 Å². The Labute approximate surface area is 139 Å². The van der Waals surface area contributed by atoms with Gasteiger partial charge in [0.15, 0.2) is 0 Å². The lowest BCUT2D eigenvalue weighted by Crippen LogP contribution is -2.31. The van der Waals surface area contributed by atoms with Gasteiger partial charge in [-0.15, -0.1) is 0 Å². The summed E-state index contributed by atoms with van der Waals surface area (Å²) >= 11 is 0. The van der Waals surface area contributed by atoms with E-state index in [0.717, 1.165) is 44.7 Å². The zero-order valence-corrected chi connectivity index (χ0v) is 14.1. The first-order valence-electron chi connectivity index (χ1n) is 8.96. The van der Waals surface area contributed by atoms with Crippen molar-refractivity contribution in [2.75, 3.05) is 19.8 Å². The van der Waals surface area contributed by atoms with Crippen molar-refractivity contribution in [1.29, 1.82) is 0 Å². The third kappa shape index (κ3) is 4.93. The molecule has 0 bridgehead atoms. The SMILES string of the molecule is CC(O)CC1CCCN1Cc1ccc(OCC2CCCO2)cc1. The van der Waals surface area contributed by atoms with Gasteiger partial charge < -0.3 is 14.6 Å². The van der Waals surface area contributed by atoms with E-state index in [-0.39, 0.29) is 12.2 Å². The topological polar surface area (TPSA) is 41.9 Å². The third-order valence-electron chi connectivity index (χ3n) is 4.88. The molecule has 2 fully saturated rings. The molecule has 4 nitrogen and oxygen atoms in total. The van der Waals surface area contributed by atoms with Crippen LogP contribution in [0.15, 0.2) is 24.3 Å². The number of rotatable bonds is 7. The van der Waals surface area contributed by atoms with Crippen LogP contribution in [0, 0.1) is 0 Å². The van der Waals surface area contributed by atoms with E-state index >= 15 is 0 Å². The number of ether oxygens (including phenoxy) is 2. The molecule has 0 radical (unpaired) electrons. The Kier molecular flexibility index (Phi) is 5.92. The molecule has 3 rings (SSSR count). The van der Waals surface area contributed by atoms with Crippen LogP contribution >= 0.6 is 0 Å². The average Bonchev–Trinajstić information content (AvgIpc) is 3.19. The molecular weight excluding hydrogens is 290 g/mol. The van der Waals surface area contributed by atoms with E-state index in [2.05, 4.69) is 29.2 Å². The number of nitrogens with zero attached hydrogens (tertiary/aromatic N) is 1. The van der Waals surface area contributed by atoms with Crippen LogP contribution in [0.5, 0.6) is 5.75 Å². The molecule has 3 atom stereocenters. The van der Waals surface area contributed by atoms with Gasteiger partial charge in [0.2, 0.25) is 0 Å². The van der Waals surface area contributed by atoms with Crippen molar-refractivity contribution in [2.45, 2.75) is 63.8 Å². The van der Waals surface area contributed by atoms with Gasteiger partial charge in [-0.05, 0) is 63.3 Å². The summed E-state index contributed by atoms with van der Waals surface area (Å²) < 4.78 is 11.4. The second-order valence-corrected chi connectivity index (χ2v) is 6.94. The molecule has 1 N–H and O–H groups in total. The second kappa shape index (κ2) is 8.13. The molecule has 2 aliphatic heterocycles. The normalized spacial score (nSPS) is 26.5. The standard InChI is InChI=1S/C19H29NO3/c1-15(21)12-17-4-2-10-20(17)13-16-6-8-18(9-7-16)23-14-19-5-3-11-22-19/h6-9,15,17,19,21H,2-5,10-14H2,1H3. The minimum atomic E-state index is -0.214. The van der Waals surface area contributed by atoms with E-state index in [9.17, 15) is 5.11 Å². The molecule has 0 aromatic heterocycles. The molecule has 0 aliphatic carbocycles. The first-order valence-corrected chi connectivity index (χ1v) is 8.96. The van der Waals surface area contributed by atoms with Crippen molar-refractivity contribution in [2.24, 2.45) is 0 Å². The molecule has 0 spiro atoms. The highest BCUT2D eigenvalue weighted by Gasteiger charge is 2.25. The van der Waals surface area contributed by atoms with Crippen molar-refractivity contribution in [1.82, 2.24) is 4.90 Å². The number of aliphatic hydroxyl groups excluding tert-OH is 1. The van der Waals surface area contributed by atoms with Gasteiger partial charge in [-0.2, -0.15) is 0 Å². The highest BCUT2D eigenvalue weighted by atomic mass is 16.5. The summed E-state index contributed by atoms with van der Waals surface area (Å²) in [5.74, 6) is 0.922. The van der Waals surface area contributed by atoms with E-state index in [4.69, 9.17) is 9.47 Å². The van der Waals surface area contributed by atoms with Gasteiger partial charge in [-0.3, -0.25) is 4.90 Å². The summed E-state index contributed by atoms with van der Waals surface area (Å²) in [7, 11) is 0. The summed E-state index contributed by atoms with van der Waals surface area (Å²) in [6.45, 7) is 5.51. The first kappa shape index (κ1) is 16.7. The molecule has 1 aromatic carbocycles. The quantitative estimate of drug-likeness (QED) is 0.839. The molecule has 2 heterocycles. The fourth-order valence-corrected chi connectivity index (χ4v) is 3.65. The number of hydrogen-bond acceptors (Lipinski definition) is 4. The predicted molar refractivity (Wildman–Crippen MR) is 90.6 cm³/mol. The fourth-order valence-electron chi connectivity index (χ4n) is 3.65.